The Kier molecular flexibility index (Phi) is 3.67. The molecule has 1 aromatic heterocycles. The Morgan fingerprint density at radius 1 is 1.35 bits per heavy atom. The van der Waals surface area contributed by atoms with Gasteiger partial charge in [0.15, 0.2) is 17.5 Å². The summed E-state index contributed by atoms with van der Waals surface area (Å²) in [5, 5.41) is 14.3. The minimum Gasteiger partial charge on any atom is -0.258 e. The summed E-state index contributed by atoms with van der Waals surface area (Å²) in [6.07, 6.45) is 0.204. The fraction of sp³-hybridized carbons (Fsp3) is 0.182. The molecule has 0 aliphatic heterocycles. The molecule has 0 spiro atoms. The SMILES string of the molecule is CCc1nn(-c2cc(F)c(F)c(F)c2)c(Cl)c1[N+](=O)[O-]. The second-order valence-electron chi connectivity index (χ2n) is 3.83. The Morgan fingerprint density at radius 2 is 1.90 bits per heavy atom. The van der Waals surface area contributed by atoms with E-state index in [1.54, 1.807) is 6.92 Å². The van der Waals surface area contributed by atoms with E-state index in [0.29, 0.717) is 12.1 Å². The van der Waals surface area contributed by atoms with Crippen molar-refractivity contribution in [1.82, 2.24) is 9.78 Å². The number of aryl methyl sites for hydroxylation is 1. The molecule has 0 N–H and O–H groups in total. The lowest BCUT2D eigenvalue weighted by Gasteiger charge is -2.04. The quantitative estimate of drug-likeness (QED) is 0.496. The van der Waals surface area contributed by atoms with Crippen molar-refractivity contribution in [2.45, 2.75) is 13.3 Å². The number of benzene rings is 1. The van der Waals surface area contributed by atoms with Gasteiger partial charge in [-0.2, -0.15) is 5.10 Å². The Hall–Kier alpha value is -2.09. The number of hydrogen-bond donors (Lipinski definition) is 0. The lowest BCUT2D eigenvalue weighted by atomic mass is 10.3. The van der Waals surface area contributed by atoms with Crippen molar-refractivity contribution in [3.8, 4) is 5.69 Å². The first-order valence-electron chi connectivity index (χ1n) is 5.43. The fourth-order valence-corrected chi connectivity index (χ4v) is 2.00. The van der Waals surface area contributed by atoms with Crippen LogP contribution in [0.25, 0.3) is 5.69 Å². The van der Waals surface area contributed by atoms with Crippen LogP contribution in [0.2, 0.25) is 5.15 Å². The van der Waals surface area contributed by atoms with Crippen molar-refractivity contribution in [3.05, 3.63) is 50.5 Å². The summed E-state index contributed by atoms with van der Waals surface area (Å²) in [7, 11) is 0. The van der Waals surface area contributed by atoms with Crippen molar-refractivity contribution in [2.24, 2.45) is 0 Å². The average molecular weight is 306 g/mol. The monoisotopic (exact) mass is 305 g/mol. The maximum absolute atomic E-state index is 13.2. The first-order valence-corrected chi connectivity index (χ1v) is 5.81. The Bertz CT molecular complexity index is 679. The molecule has 1 heterocycles. The maximum atomic E-state index is 13.2. The Labute approximate surface area is 115 Å². The summed E-state index contributed by atoms with van der Waals surface area (Å²) in [4.78, 5) is 10.2. The van der Waals surface area contributed by atoms with Gasteiger partial charge in [0.05, 0.1) is 10.6 Å². The minimum atomic E-state index is -1.64. The van der Waals surface area contributed by atoms with Gasteiger partial charge in [0, 0.05) is 12.1 Å². The van der Waals surface area contributed by atoms with Gasteiger partial charge in [-0.05, 0) is 6.42 Å². The van der Waals surface area contributed by atoms with Crippen molar-refractivity contribution in [1.29, 1.82) is 0 Å². The molecule has 0 saturated heterocycles. The fourth-order valence-electron chi connectivity index (χ4n) is 1.69. The van der Waals surface area contributed by atoms with E-state index in [0.717, 1.165) is 4.68 Å². The molecule has 106 valence electrons. The van der Waals surface area contributed by atoms with E-state index in [4.69, 9.17) is 11.6 Å². The number of hydrogen-bond acceptors (Lipinski definition) is 3. The number of nitrogens with zero attached hydrogens (tertiary/aromatic N) is 3. The topological polar surface area (TPSA) is 61.0 Å². The molecule has 9 heteroatoms. The van der Waals surface area contributed by atoms with Crippen LogP contribution in [0.15, 0.2) is 12.1 Å². The second kappa shape index (κ2) is 5.12. The van der Waals surface area contributed by atoms with E-state index in [-0.39, 0.29) is 17.8 Å². The van der Waals surface area contributed by atoms with Crippen LogP contribution < -0.4 is 0 Å². The third-order valence-corrected chi connectivity index (χ3v) is 2.95. The van der Waals surface area contributed by atoms with Crippen LogP contribution in [0.3, 0.4) is 0 Å². The third kappa shape index (κ3) is 2.22. The van der Waals surface area contributed by atoms with Gasteiger partial charge in [0.25, 0.3) is 0 Å². The predicted molar refractivity (Wildman–Crippen MR) is 64.5 cm³/mol. The van der Waals surface area contributed by atoms with Crippen LogP contribution in [0.1, 0.15) is 12.6 Å². The van der Waals surface area contributed by atoms with Crippen LogP contribution in [-0.4, -0.2) is 14.7 Å². The Balaban J connectivity index is 2.68. The number of nitro groups is 1. The first-order chi connectivity index (χ1) is 9.36. The number of halogens is 4. The number of aromatic nitrogens is 2. The molecular formula is C11H7ClF3N3O2. The van der Waals surface area contributed by atoms with Gasteiger partial charge in [0.2, 0.25) is 5.15 Å². The first kappa shape index (κ1) is 14.3. The predicted octanol–water partition coefficient (Wildman–Crippen LogP) is 3.41. The molecule has 0 aliphatic rings. The molecule has 1 aromatic carbocycles. The van der Waals surface area contributed by atoms with E-state index in [9.17, 15) is 23.3 Å². The van der Waals surface area contributed by atoms with E-state index >= 15 is 0 Å². The molecule has 2 aromatic rings. The van der Waals surface area contributed by atoms with Crippen LogP contribution in [0.5, 0.6) is 0 Å². The number of rotatable bonds is 3. The van der Waals surface area contributed by atoms with Gasteiger partial charge in [-0.1, -0.05) is 18.5 Å². The highest BCUT2D eigenvalue weighted by Gasteiger charge is 2.27. The van der Waals surface area contributed by atoms with Crippen molar-refractivity contribution in [3.63, 3.8) is 0 Å². The molecule has 0 radical (unpaired) electrons. The summed E-state index contributed by atoms with van der Waals surface area (Å²) in [6.45, 7) is 1.61. The van der Waals surface area contributed by atoms with Gasteiger partial charge in [-0.15, -0.1) is 0 Å². The van der Waals surface area contributed by atoms with Crippen molar-refractivity contribution in [2.75, 3.05) is 0 Å². The van der Waals surface area contributed by atoms with Gasteiger partial charge < -0.3 is 0 Å². The highest BCUT2D eigenvalue weighted by molar-refractivity contribution is 6.32. The molecule has 0 amide bonds. The summed E-state index contributed by atoms with van der Waals surface area (Å²) >= 11 is 5.80. The molecule has 20 heavy (non-hydrogen) atoms. The zero-order chi connectivity index (χ0) is 15.0. The van der Waals surface area contributed by atoms with E-state index in [1.807, 2.05) is 0 Å². The van der Waals surface area contributed by atoms with Crippen LogP contribution >= 0.6 is 11.6 Å². The zero-order valence-electron chi connectivity index (χ0n) is 10.0. The largest absolute Gasteiger partial charge is 0.329 e. The average Bonchev–Trinajstić information content (AvgIpc) is 2.72. The summed E-state index contributed by atoms with van der Waals surface area (Å²) in [6, 6.07) is 1.31. The second-order valence-corrected chi connectivity index (χ2v) is 4.19. The molecule has 0 fully saturated rings. The van der Waals surface area contributed by atoms with Gasteiger partial charge in [-0.25, -0.2) is 17.9 Å². The molecule has 0 atom stereocenters. The van der Waals surface area contributed by atoms with Crippen LogP contribution in [-0.2, 0) is 6.42 Å². The minimum absolute atomic E-state index is 0.0603. The zero-order valence-corrected chi connectivity index (χ0v) is 10.8. The van der Waals surface area contributed by atoms with Gasteiger partial charge >= 0.3 is 5.69 Å². The molecule has 0 saturated carbocycles. The molecule has 5 nitrogen and oxygen atoms in total. The summed E-state index contributed by atoms with van der Waals surface area (Å²) in [5.74, 6) is -4.51. The smallest absolute Gasteiger partial charge is 0.258 e. The molecule has 2 rings (SSSR count). The molecule has 0 unspecified atom stereocenters. The van der Waals surface area contributed by atoms with Crippen LogP contribution in [0.4, 0.5) is 18.9 Å². The highest BCUT2D eigenvalue weighted by atomic mass is 35.5. The van der Waals surface area contributed by atoms with Gasteiger partial charge in [-0.3, -0.25) is 10.1 Å². The van der Waals surface area contributed by atoms with Gasteiger partial charge in [0.1, 0.15) is 5.69 Å². The van der Waals surface area contributed by atoms with Crippen molar-refractivity contribution >= 4 is 17.3 Å². The summed E-state index contributed by atoms with van der Waals surface area (Å²) < 4.78 is 40.0. The van der Waals surface area contributed by atoms with E-state index < -0.39 is 33.2 Å². The van der Waals surface area contributed by atoms with E-state index in [2.05, 4.69) is 5.10 Å². The maximum Gasteiger partial charge on any atom is 0.329 e. The third-order valence-electron chi connectivity index (χ3n) is 2.61. The van der Waals surface area contributed by atoms with Crippen molar-refractivity contribution < 1.29 is 18.1 Å². The Morgan fingerprint density at radius 3 is 2.30 bits per heavy atom. The van der Waals surface area contributed by atoms with E-state index in [1.165, 1.54) is 0 Å². The lowest BCUT2D eigenvalue weighted by molar-refractivity contribution is -0.385. The molecule has 0 aliphatic carbocycles. The molecular weight excluding hydrogens is 299 g/mol. The summed E-state index contributed by atoms with van der Waals surface area (Å²) in [5.41, 5.74) is -0.626. The molecule has 0 bridgehead atoms. The standard InChI is InChI=1S/C11H7ClF3N3O2/c1-2-8-10(18(19)20)11(12)17(16-8)5-3-6(13)9(15)7(14)4-5/h3-4H,2H2,1H3. The van der Waals surface area contributed by atoms with Crippen LogP contribution in [0, 0.1) is 27.6 Å². The lowest BCUT2D eigenvalue weighted by Crippen LogP contribution is -2.01. The normalized spacial score (nSPS) is 10.8. The highest BCUT2D eigenvalue weighted by Crippen LogP contribution is 2.31.